The molecule has 0 atom stereocenters. The molecule has 5 nitrogen and oxygen atoms in total. The van der Waals surface area contributed by atoms with Gasteiger partial charge in [0.25, 0.3) is 5.56 Å². The first-order valence-corrected chi connectivity index (χ1v) is 6.97. The average Bonchev–Trinajstić information content (AvgIpc) is 2.85. The van der Waals surface area contributed by atoms with Gasteiger partial charge in [-0.2, -0.15) is 0 Å². The van der Waals surface area contributed by atoms with Gasteiger partial charge in [-0.1, -0.05) is 18.2 Å². The van der Waals surface area contributed by atoms with E-state index in [-0.39, 0.29) is 17.9 Å². The van der Waals surface area contributed by atoms with Crippen LogP contribution < -0.4 is 17.0 Å². The molecule has 6 heteroatoms. The lowest BCUT2D eigenvalue weighted by atomic mass is 10.2. The lowest BCUT2D eigenvalue weighted by Gasteiger charge is -2.07. The van der Waals surface area contributed by atoms with Crippen LogP contribution in [0.4, 0.5) is 5.69 Å². The summed E-state index contributed by atoms with van der Waals surface area (Å²) in [5, 5.41) is 3.04. The van der Waals surface area contributed by atoms with Gasteiger partial charge in [-0.05, 0) is 22.4 Å². The molecule has 0 fully saturated rings. The predicted molar refractivity (Wildman–Crippen MR) is 81.3 cm³/mol. The van der Waals surface area contributed by atoms with Crippen LogP contribution in [0.1, 0.15) is 5.56 Å². The van der Waals surface area contributed by atoms with E-state index in [4.69, 9.17) is 5.73 Å². The number of aromatic nitrogens is 2. The van der Waals surface area contributed by atoms with E-state index in [9.17, 15) is 9.59 Å². The topological polar surface area (TPSA) is 70.0 Å². The van der Waals surface area contributed by atoms with Crippen molar-refractivity contribution in [1.29, 1.82) is 0 Å². The van der Waals surface area contributed by atoms with E-state index >= 15 is 0 Å². The molecule has 102 valence electrons. The van der Waals surface area contributed by atoms with Gasteiger partial charge in [-0.15, -0.1) is 11.3 Å². The summed E-state index contributed by atoms with van der Waals surface area (Å²) in [6.45, 7) is 0.237. The number of fused-ring (bicyclic) bond motifs is 1. The van der Waals surface area contributed by atoms with Gasteiger partial charge in [0, 0.05) is 17.9 Å². The Morgan fingerprint density at radius 2 is 2.00 bits per heavy atom. The number of nitrogen functional groups attached to an aromatic ring is 1. The Kier molecular flexibility index (Phi) is 2.94. The molecule has 0 radical (unpaired) electrons. The van der Waals surface area contributed by atoms with E-state index in [2.05, 4.69) is 0 Å². The van der Waals surface area contributed by atoms with Crippen molar-refractivity contribution in [2.45, 2.75) is 6.54 Å². The molecule has 3 aromatic rings. The van der Waals surface area contributed by atoms with Crippen molar-refractivity contribution in [1.82, 2.24) is 9.13 Å². The van der Waals surface area contributed by atoms with Crippen LogP contribution in [-0.2, 0) is 13.6 Å². The fourth-order valence-corrected chi connectivity index (χ4v) is 3.17. The average molecular weight is 287 g/mol. The molecular weight excluding hydrogens is 274 g/mol. The SMILES string of the molecule is Cn1cc(N)c(=O)n(Cc2csc3ccccc23)c1=O. The molecule has 0 saturated carbocycles. The molecule has 0 bridgehead atoms. The Morgan fingerprint density at radius 1 is 1.25 bits per heavy atom. The molecule has 2 heterocycles. The maximum absolute atomic E-state index is 12.1. The van der Waals surface area contributed by atoms with E-state index in [1.165, 1.54) is 15.3 Å². The lowest BCUT2D eigenvalue weighted by molar-refractivity contribution is 0.646. The number of thiophene rings is 1. The van der Waals surface area contributed by atoms with E-state index in [1.807, 2.05) is 29.6 Å². The first-order valence-electron chi connectivity index (χ1n) is 6.09. The molecule has 0 aliphatic carbocycles. The van der Waals surface area contributed by atoms with Crippen LogP contribution in [0, 0.1) is 0 Å². The monoisotopic (exact) mass is 287 g/mol. The zero-order valence-electron chi connectivity index (χ0n) is 10.9. The Balaban J connectivity index is 2.17. The van der Waals surface area contributed by atoms with Gasteiger partial charge < -0.3 is 10.3 Å². The minimum atomic E-state index is -0.441. The summed E-state index contributed by atoms with van der Waals surface area (Å²) in [6, 6.07) is 7.92. The van der Waals surface area contributed by atoms with Crippen molar-refractivity contribution in [3.8, 4) is 0 Å². The van der Waals surface area contributed by atoms with Gasteiger partial charge in [0.1, 0.15) is 5.69 Å². The first-order chi connectivity index (χ1) is 9.58. The smallest absolute Gasteiger partial charge is 0.331 e. The molecule has 0 spiro atoms. The summed E-state index contributed by atoms with van der Waals surface area (Å²) in [4.78, 5) is 24.1. The van der Waals surface area contributed by atoms with Gasteiger partial charge in [0.2, 0.25) is 0 Å². The standard InChI is InChI=1S/C14H13N3O2S/c1-16-7-11(15)13(18)17(14(16)19)6-9-8-20-12-5-3-2-4-10(9)12/h2-5,7-8H,6,15H2,1H3. The predicted octanol–water partition coefficient (Wildman–Crippen LogP) is 1.39. The van der Waals surface area contributed by atoms with Gasteiger partial charge >= 0.3 is 5.69 Å². The summed E-state index contributed by atoms with van der Waals surface area (Å²) in [7, 11) is 1.58. The van der Waals surface area contributed by atoms with Crippen LogP contribution in [0.15, 0.2) is 45.4 Å². The third-order valence-corrected chi connectivity index (χ3v) is 4.26. The first kappa shape index (κ1) is 12.7. The quantitative estimate of drug-likeness (QED) is 0.774. The second kappa shape index (κ2) is 4.64. The van der Waals surface area contributed by atoms with Crippen molar-refractivity contribution >= 4 is 27.1 Å². The molecule has 0 aliphatic rings. The lowest BCUT2D eigenvalue weighted by Crippen LogP contribution is -2.39. The van der Waals surface area contributed by atoms with Crippen LogP contribution in [0.5, 0.6) is 0 Å². The van der Waals surface area contributed by atoms with Crippen LogP contribution >= 0.6 is 11.3 Å². The largest absolute Gasteiger partial charge is 0.393 e. The molecule has 0 amide bonds. The molecule has 1 aromatic carbocycles. The Labute approximate surface area is 118 Å². The van der Waals surface area contributed by atoms with E-state index in [0.29, 0.717) is 0 Å². The molecule has 0 saturated heterocycles. The highest BCUT2D eigenvalue weighted by Crippen LogP contribution is 2.25. The number of benzene rings is 1. The minimum absolute atomic E-state index is 0.0756. The van der Waals surface area contributed by atoms with Gasteiger partial charge in [-0.3, -0.25) is 9.36 Å². The Hall–Kier alpha value is -2.34. The Bertz CT molecular complexity index is 870. The van der Waals surface area contributed by atoms with Gasteiger partial charge in [-0.25, -0.2) is 4.79 Å². The van der Waals surface area contributed by atoms with E-state index in [0.717, 1.165) is 15.6 Å². The maximum atomic E-state index is 12.1. The number of anilines is 1. The zero-order valence-corrected chi connectivity index (χ0v) is 11.7. The molecule has 0 unspecified atom stereocenters. The van der Waals surface area contributed by atoms with Crippen molar-refractivity contribution in [3.05, 3.63) is 62.2 Å². The summed E-state index contributed by atoms with van der Waals surface area (Å²) in [6.07, 6.45) is 1.35. The normalized spacial score (nSPS) is 11.1. The van der Waals surface area contributed by atoms with Crippen LogP contribution in [-0.4, -0.2) is 9.13 Å². The summed E-state index contributed by atoms with van der Waals surface area (Å²) < 4.78 is 3.63. The number of nitrogens with two attached hydrogens (primary N) is 1. The highest BCUT2D eigenvalue weighted by molar-refractivity contribution is 7.17. The van der Waals surface area contributed by atoms with Crippen LogP contribution in [0.3, 0.4) is 0 Å². The highest BCUT2D eigenvalue weighted by Gasteiger charge is 2.10. The third kappa shape index (κ3) is 1.94. The van der Waals surface area contributed by atoms with Crippen molar-refractivity contribution in [2.75, 3.05) is 5.73 Å². The number of aryl methyl sites for hydroxylation is 1. The third-order valence-electron chi connectivity index (χ3n) is 3.25. The summed E-state index contributed by atoms with van der Waals surface area (Å²) in [5.41, 5.74) is 5.87. The van der Waals surface area contributed by atoms with Crippen molar-refractivity contribution < 1.29 is 0 Å². The number of hydrogen-bond donors (Lipinski definition) is 1. The number of hydrogen-bond acceptors (Lipinski definition) is 4. The number of rotatable bonds is 2. The molecule has 2 N–H and O–H groups in total. The molecule has 2 aromatic heterocycles. The van der Waals surface area contributed by atoms with Gasteiger partial charge in [0.05, 0.1) is 6.54 Å². The molecule has 20 heavy (non-hydrogen) atoms. The minimum Gasteiger partial charge on any atom is -0.393 e. The molecule has 0 aliphatic heterocycles. The zero-order chi connectivity index (χ0) is 14.3. The van der Waals surface area contributed by atoms with E-state index < -0.39 is 5.56 Å². The number of nitrogens with zero attached hydrogens (tertiary/aromatic N) is 2. The van der Waals surface area contributed by atoms with Crippen molar-refractivity contribution in [3.63, 3.8) is 0 Å². The van der Waals surface area contributed by atoms with Crippen molar-refractivity contribution in [2.24, 2.45) is 7.05 Å². The highest BCUT2D eigenvalue weighted by atomic mass is 32.1. The summed E-state index contributed by atoms with van der Waals surface area (Å²) in [5.74, 6) is 0. The summed E-state index contributed by atoms with van der Waals surface area (Å²) >= 11 is 1.60. The maximum Gasteiger partial charge on any atom is 0.331 e. The fourth-order valence-electron chi connectivity index (χ4n) is 2.22. The molecular formula is C14H13N3O2S. The van der Waals surface area contributed by atoms with Gasteiger partial charge in [0.15, 0.2) is 0 Å². The molecule has 3 rings (SSSR count). The second-order valence-electron chi connectivity index (χ2n) is 4.63. The second-order valence-corrected chi connectivity index (χ2v) is 5.54. The fraction of sp³-hybridized carbons (Fsp3) is 0.143. The van der Waals surface area contributed by atoms with E-state index in [1.54, 1.807) is 18.4 Å². The van der Waals surface area contributed by atoms with Crippen LogP contribution in [0.25, 0.3) is 10.1 Å². The Morgan fingerprint density at radius 3 is 2.80 bits per heavy atom. The van der Waals surface area contributed by atoms with Crippen LogP contribution in [0.2, 0.25) is 0 Å².